The molecule has 0 aromatic rings. The molecule has 0 aromatic heterocycles. The van der Waals surface area contributed by atoms with E-state index in [0.29, 0.717) is 0 Å². The van der Waals surface area contributed by atoms with E-state index in [4.69, 9.17) is 18.9 Å². The third-order valence-corrected chi connectivity index (χ3v) is 5.25. The van der Waals surface area contributed by atoms with Crippen molar-refractivity contribution in [3.63, 3.8) is 0 Å². The first-order valence-corrected chi connectivity index (χ1v) is 10.5. The van der Waals surface area contributed by atoms with E-state index in [1.54, 1.807) is 0 Å². The van der Waals surface area contributed by atoms with Crippen LogP contribution in [0.3, 0.4) is 0 Å². The lowest BCUT2D eigenvalue weighted by molar-refractivity contribution is -0.260. The van der Waals surface area contributed by atoms with Gasteiger partial charge in [-0.05, 0) is 12.3 Å². The summed E-state index contributed by atoms with van der Waals surface area (Å²) in [5.74, 6) is -2.54. The molecule has 0 radical (unpaired) electrons. The van der Waals surface area contributed by atoms with Crippen molar-refractivity contribution in [3.05, 3.63) is 11.3 Å². The summed E-state index contributed by atoms with van der Waals surface area (Å²) in [4.78, 5) is 51.8. The van der Waals surface area contributed by atoms with Crippen molar-refractivity contribution < 1.29 is 48.3 Å². The van der Waals surface area contributed by atoms with Crippen LogP contribution < -0.4 is 0 Å². The maximum absolute atomic E-state index is 12.7. The number of aliphatic imine (C=N–C) groups is 1. The third-order valence-electron chi connectivity index (χ3n) is 5.25. The zero-order chi connectivity index (χ0) is 25.1. The van der Waals surface area contributed by atoms with Gasteiger partial charge < -0.3 is 29.2 Å². The molecule has 0 aromatic carbocycles. The highest BCUT2D eigenvalue weighted by atomic mass is 16.7. The summed E-state index contributed by atoms with van der Waals surface area (Å²) < 4.78 is 21.0. The molecule has 11 nitrogen and oxygen atoms in total. The predicted octanol–water partition coefficient (Wildman–Crippen LogP) is 1.16. The van der Waals surface area contributed by atoms with Gasteiger partial charge in [0.05, 0.1) is 5.57 Å². The van der Waals surface area contributed by atoms with Crippen LogP contribution in [0.2, 0.25) is 0 Å². The Morgan fingerprint density at radius 1 is 1.03 bits per heavy atom. The van der Waals surface area contributed by atoms with Crippen LogP contribution in [0.15, 0.2) is 16.3 Å². The Bertz CT molecular complexity index is 874. The molecule has 184 valence electrons. The van der Waals surface area contributed by atoms with E-state index in [0.717, 1.165) is 13.8 Å². The molecule has 0 spiro atoms. The summed E-state index contributed by atoms with van der Waals surface area (Å²) in [6.45, 7) is 8.24. The van der Waals surface area contributed by atoms with Gasteiger partial charge in [0.25, 0.3) is 0 Å². The molecular formula is C22H31NO10. The summed E-state index contributed by atoms with van der Waals surface area (Å²) in [5, 5.41) is 21.1. The Morgan fingerprint density at radius 2 is 1.61 bits per heavy atom. The molecule has 0 saturated carbocycles. The lowest BCUT2D eigenvalue weighted by atomic mass is 9.75. The number of esters is 3. The number of Topliss-reactive ketones (excluding diaryl/α,β-unsaturated/α-hetero) is 1. The molecule has 0 unspecified atom stereocenters. The fourth-order valence-electron chi connectivity index (χ4n) is 4.03. The molecule has 1 saturated heterocycles. The number of hydrogen-bond donors (Lipinski definition) is 2. The van der Waals surface area contributed by atoms with Gasteiger partial charge in [-0.25, -0.2) is 0 Å². The minimum atomic E-state index is -1.66. The van der Waals surface area contributed by atoms with Crippen LogP contribution in [0.4, 0.5) is 0 Å². The fourth-order valence-corrected chi connectivity index (χ4v) is 4.03. The van der Waals surface area contributed by atoms with Crippen LogP contribution in [-0.2, 0) is 38.1 Å². The second kappa shape index (κ2) is 10.4. The quantitative estimate of drug-likeness (QED) is 0.328. The fraction of sp³-hybridized carbons (Fsp3) is 0.682. The summed E-state index contributed by atoms with van der Waals surface area (Å²) in [6.07, 6.45) is -4.93. The van der Waals surface area contributed by atoms with E-state index >= 15 is 0 Å². The van der Waals surface area contributed by atoms with Gasteiger partial charge in [-0.2, -0.15) is 0 Å². The lowest BCUT2D eigenvalue weighted by Crippen LogP contribution is -2.61. The standard InChI is InChI=1S/C22H31NO10/c1-10(17-14(27)7-22(5,6)8-15(17)28)23-18-20(32-13(4)26)19(31-12(3)25)16(33-21(18)29)9-30-11(2)24/h16,18-21,27,29H,7-9H2,1-6H3/t16-,18-,19-,20-,21+/m1/s1. The molecule has 5 atom stereocenters. The first-order valence-electron chi connectivity index (χ1n) is 10.5. The van der Waals surface area contributed by atoms with Crippen LogP contribution in [-0.4, -0.2) is 76.9 Å². The highest BCUT2D eigenvalue weighted by Crippen LogP contribution is 2.36. The lowest BCUT2D eigenvalue weighted by Gasteiger charge is -2.42. The largest absolute Gasteiger partial charge is 0.511 e. The first kappa shape index (κ1) is 26.5. The Balaban J connectivity index is 2.46. The molecule has 0 amide bonds. The van der Waals surface area contributed by atoms with Gasteiger partial charge in [0.15, 0.2) is 24.3 Å². The van der Waals surface area contributed by atoms with Crippen molar-refractivity contribution in [2.45, 2.75) is 85.0 Å². The minimum Gasteiger partial charge on any atom is -0.511 e. The van der Waals surface area contributed by atoms with E-state index in [1.165, 1.54) is 13.8 Å². The molecule has 2 aliphatic rings. The van der Waals surface area contributed by atoms with Crippen molar-refractivity contribution >= 4 is 29.4 Å². The zero-order valence-corrected chi connectivity index (χ0v) is 19.6. The molecule has 1 aliphatic carbocycles. The SMILES string of the molecule is CC(=O)OC[C@H]1O[C@H](O)[C@H](N=C(C)C2=C(O)CC(C)(C)CC2=O)[C@@H](OC(C)=O)[C@@H]1OC(C)=O. The number of ketones is 1. The number of nitrogens with zero attached hydrogens (tertiary/aromatic N) is 1. The van der Waals surface area contributed by atoms with Gasteiger partial charge in [0.2, 0.25) is 0 Å². The number of allylic oxidation sites excluding steroid dienone is 2. The second-order valence-corrected chi connectivity index (χ2v) is 8.98. The number of ether oxygens (including phenoxy) is 4. The molecule has 33 heavy (non-hydrogen) atoms. The number of aliphatic hydroxyl groups is 2. The summed E-state index contributed by atoms with van der Waals surface area (Å²) in [7, 11) is 0. The van der Waals surface area contributed by atoms with E-state index in [1.807, 2.05) is 13.8 Å². The van der Waals surface area contributed by atoms with Gasteiger partial charge >= 0.3 is 17.9 Å². The normalized spacial score (nSPS) is 30.0. The van der Waals surface area contributed by atoms with E-state index in [9.17, 15) is 29.4 Å². The smallest absolute Gasteiger partial charge is 0.303 e. The number of hydrogen-bond acceptors (Lipinski definition) is 11. The zero-order valence-electron chi connectivity index (χ0n) is 19.6. The monoisotopic (exact) mass is 469 g/mol. The summed E-state index contributed by atoms with van der Waals surface area (Å²) in [6, 6.07) is -1.30. The number of carbonyl (C=O) groups excluding carboxylic acids is 4. The van der Waals surface area contributed by atoms with Crippen molar-refractivity contribution in [1.29, 1.82) is 0 Å². The average Bonchev–Trinajstić information content (AvgIpc) is 2.62. The van der Waals surface area contributed by atoms with Gasteiger partial charge in [-0.3, -0.25) is 24.2 Å². The van der Waals surface area contributed by atoms with E-state index in [2.05, 4.69) is 4.99 Å². The van der Waals surface area contributed by atoms with Gasteiger partial charge in [0, 0.05) is 39.3 Å². The van der Waals surface area contributed by atoms with Gasteiger partial charge in [0.1, 0.15) is 24.5 Å². The van der Waals surface area contributed by atoms with Gasteiger partial charge in [-0.1, -0.05) is 13.8 Å². The molecular weight excluding hydrogens is 438 g/mol. The summed E-state index contributed by atoms with van der Waals surface area (Å²) >= 11 is 0. The third kappa shape index (κ3) is 6.84. The van der Waals surface area contributed by atoms with Crippen molar-refractivity contribution in [2.75, 3.05) is 6.61 Å². The van der Waals surface area contributed by atoms with E-state index in [-0.39, 0.29) is 42.3 Å². The van der Waals surface area contributed by atoms with Crippen molar-refractivity contribution in [1.82, 2.24) is 0 Å². The Kier molecular flexibility index (Phi) is 8.36. The van der Waals surface area contributed by atoms with Crippen LogP contribution in [0, 0.1) is 5.41 Å². The number of rotatable bonds is 6. The Hall–Kier alpha value is -2.79. The van der Waals surface area contributed by atoms with E-state index < -0.39 is 54.0 Å². The molecule has 1 fully saturated rings. The minimum absolute atomic E-state index is 0.0224. The average molecular weight is 469 g/mol. The van der Waals surface area contributed by atoms with Gasteiger partial charge in [-0.15, -0.1) is 0 Å². The molecule has 1 aliphatic heterocycles. The molecule has 0 bridgehead atoms. The Labute approximate surface area is 191 Å². The molecule has 11 heteroatoms. The Morgan fingerprint density at radius 3 is 2.12 bits per heavy atom. The highest BCUT2D eigenvalue weighted by Gasteiger charge is 2.50. The molecule has 2 rings (SSSR count). The molecule has 2 N–H and O–H groups in total. The van der Waals surface area contributed by atoms with Crippen LogP contribution in [0.25, 0.3) is 0 Å². The second-order valence-electron chi connectivity index (χ2n) is 8.98. The topological polar surface area (TPSA) is 158 Å². The maximum Gasteiger partial charge on any atom is 0.303 e. The molecule has 1 heterocycles. The predicted molar refractivity (Wildman–Crippen MR) is 113 cm³/mol. The highest BCUT2D eigenvalue weighted by molar-refractivity contribution is 6.22. The number of aliphatic hydroxyl groups excluding tert-OH is 2. The first-order chi connectivity index (χ1) is 15.2. The van der Waals surface area contributed by atoms with Crippen LogP contribution in [0.5, 0.6) is 0 Å². The van der Waals surface area contributed by atoms with Crippen LogP contribution in [0.1, 0.15) is 54.4 Å². The summed E-state index contributed by atoms with van der Waals surface area (Å²) in [5.41, 5.74) is -0.282. The van der Waals surface area contributed by atoms with Crippen LogP contribution >= 0.6 is 0 Å². The maximum atomic E-state index is 12.7. The van der Waals surface area contributed by atoms with Crippen molar-refractivity contribution in [3.8, 4) is 0 Å². The number of carbonyl (C=O) groups is 4. The van der Waals surface area contributed by atoms with Crippen molar-refractivity contribution in [2.24, 2.45) is 10.4 Å².